The first kappa shape index (κ1) is 23.8. The first-order valence-corrected chi connectivity index (χ1v) is 11.2. The molecule has 170 valence electrons. The van der Waals surface area contributed by atoms with Gasteiger partial charge in [0.15, 0.2) is 5.78 Å². The molecule has 1 aliphatic heterocycles. The number of ketones is 1. The zero-order valence-electron chi connectivity index (χ0n) is 18.7. The van der Waals surface area contributed by atoms with E-state index in [9.17, 15) is 9.59 Å². The van der Waals surface area contributed by atoms with E-state index in [0.717, 1.165) is 26.2 Å². The number of rotatable bonds is 9. The lowest BCUT2D eigenvalue weighted by molar-refractivity contribution is -0.143. The fraction of sp³-hybridized carbons (Fsp3) is 0.360. The van der Waals surface area contributed by atoms with E-state index in [1.54, 1.807) is 35.4 Å². The molecule has 0 aliphatic carbocycles. The van der Waals surface area contributed by atoms with Crippen LogP contribution in [0.1, 0.15) is 16.8 Å². The minimum atomic E-state index is -0.400. The van der Waals surface area contributed by atoms with E-state index < -0.39 is 5.97 Å². The molecule has 0 unspecified atom stereocenters. The van der Waals surface area contributed by atoms with Crippen LogP contribution in [0.15, 0.2) is 66.4 Å². The Morgan fingerprint density at radius 2 is 1.66 bits per heavy atom. The minimum absolute atomic E-state index is 0.0680. The van der Waals surface area contributed by atoms with E-state index in [0.29, 0.717) is 29.3 Å². The second-order valence-electron chi connectivity index (χ2n) is 8.02. The van der Waals surface area contributed by atoms with Crippen LogP contribution in [0.25, 0.3) is 0 Å². The van der Waals surface area contributed by atoms with Crippen molar-refractivity contribution in [1.29, 1.82) is 0 Å². The third-order valence-corrected chi connectivity index (χ3v) is 5.56. The highest BCUT2D eigenvalue weighted by Crippen LogP contribution is 2.17. The van der Waals surface area contributed by atoms with E-state index in [1.165, 1.54) is 5.69 Å². The summed E-state index contributed by atoms with van der Waals surface area (Å²) in [6.07, 6.45) is 1.60. The van der Waals surface area contributed by atoms with Crippen LogP contribution >= 0.6 is 11.6 Å². The third-order valence-electron chi connectivity index (χ3n) is 5.31. The molecule has 0 amide bonds. The molecule has 0 spiro atoms. The number of ether oxygens (including phenoxy) is 1. The van der Waals surface area contributed by atoms with Crippen molar-refractivity contribution < 1.29 is 14.3 Å². The number of esters is 1. The van der Waals surface area contributed by atoms with Gasteiger partial charge in [-0.15, -0.1) is 0 Å². The molecule has 32 heavy (non-hydrogen) atoms. The number of hydrogen-bond donors (Lipinski definition) is 0. The number of piperazine rings is 1. The molecule has 0 bridgehead atoms. The maximum atomic E-state index is 12.8. The largest absolute Gasteiger partial charge is 0.464 e. The zero-order chi connectivity index (χ0) is 22.9. The first-order valence-electron chi connectivity index (χ1n) is 10.8. The highest BCUT2D eigenvalue weighted by molar-refractivity contribution is 6.30. The Bertz CT molecular complexity index is 921. The third kappa shape index (κ3) is 7.11. The number of benzene rings is 2. The Labute approximate surface area is 195 Å². The molecular formula is C25H30ClN3O3. The number of hydrogen-bond acceptors (Lipinski definition) is 6. The number of para-hydroxylation sites is 1. The van der Waals surface area contributed by atoms with Gasteiger partial charge in [0, 0.05) is 74.9 Å². The zero-order valence-corrected chi connectivity index (χ0v) is 19.4. The van der Waals surface area contributed by atoms with E-state index in [2.05, 4.69) is 34.1 Å². The molecule has 0 saturated carbocycles. The summed E-state index contributed by atoms with van der Waals surface area (Å²) in [5, 5.41) is 0.559. The van der Waals surface area contributed by atoms with Crippen LogP contribution in [0.4, 0.5) is 5.69 Å². The lowest BCUT2D eigenvalue weighted by atomic mass is 10.0. The molecule has 0 aromatic heterocycles. The Hall–Kier alpha value is -2.83. The summed E-state index contributed by atoms with van der Waals surface area (Å²) in [7, 11) is 3.63. The molecule has 1 saturated heterocycles. The summed E-state index contributed by atoms with van der Waals surface area (Å²) in [5.74, 6) is -0.604. The van der Waals surface area contributed by atoms with Gasteiger partial charge < -0.3 is 14.5 Å². The molecule has 6 nitrogen and oxygen atoms in total. The van der Waals surface area contributed by atoms with Crippen LogP contribution < -0.4 is 4.90 Å². The summed E-state index contributed by atoms with van der Waals surface area (Å²) in [4.78, 5) is 31.7. The summed E-state index contributed by atoms with van der Waals surface area (Å²) in [6, 6.07) is 17.0. The number of Topliss-reactive ketones (excluding diaryl/α,β-unsaturated/α-hetero) is 1. The van der Waals surface area contributed by atoms with Crippen LogP contribution in [-0.2, 0) is 9.53 Å². The first-order chi connectivity index (χ1) is 15.4. The Kier molecular flexibility index (Phi) is 8.71. The van der Waals surface area contributed by atoms with E-state index >= 15 is 0 Å². The van der Waals surface area contributed by atoms with Crippen LogP contribution in [-0.4, -0.2) is 75.0 Å². The molecule has 2 aromatic carbocycles. The van der Waals surface area contributed by atoms with E-state index in [4.69, 9.17) is 16.3 Å². The maximum Gasteiger partial charge on any atom is 0.310 e. The van der Waals surface area contributed by atoms with Crippen molar-refractivity contribution in [3.05, 3.63) is 77.0 Å². The van der Waals surface area contributed by atoms with E-state index in [1.807, 2.05) is 20.2 Å². The summed E-state index contributed by atoms with van der Waals surface area (Å²) >= 11 is 5.91. The second-order valence-corrected chi connectivity index (χ2v) is 8.45. The Morgan fingerprint density at radius 3 is 2.28 bits per heavy atom. The molecule has 1 heterocycles. The van der Waals surface area contributed by atoms with Crippen molar-refractivity contribution in [3.8, 4) is 0 Å². The lowest BCUT2D eigenvalue weighted by Crippen LogP contribution is -2.47. The van der Waals surface area contributed by atoms with Crippen molar-refractivity contribution in [2.24, 2.45) is 0 Å². The molecule has 2 aromatic rings. The minimum Gasteiger partial charge on any atom is -0.464 e. The smallest absolute Gasteiger partial charge is 0.310 e. The predicted molar refractivity (Wildman–Crippen MR) is 128 cm³/mol. The quantitative estimate of drug-likeness (QED) is 0.326. The summed E-state index contributed by atoms with van der Waals surface area (Å²) in [6.45, 7) is 4.74. The number of nitrogens with zero attached hydrogens (tertiary/aromatic N) is 3. The van der Waals surface area contributed by atoms with Gasteiger partial charge >= 0.3 is 5.97 Å². The fourth-order valence-electron chi connectivity index (χ4n) is 3.65. The molecular weight excluding hydrogens is 426 g/mol. The average molecular weight is 456 g/mol. The van der Waals surface area contributed by atoms with Crippen LogP contribution in [0.3, 0.4) is 0 Å². The number of halogens is 1. The van der Waals surface area contributed by atoms with Gasteiger partial charge in [0.2, 0.25) is 0 Å². The highest BCUT2D eigenvalue weighted by atomic mass is 35.5. The maximum absolute atomic E-state index is 12.8. The number of carbonyl (C=O) groups is 2. The van der Waals surface area contributed by atoms with Gasteiger partial charge in [-0.05, 0) is 36.4 Å². The van der Waals surface area contributed by atoms with Gasteiger partial charge in [0.25, 0.3) is 0 Å². The van der Waals surface area contributed by atoms with Crippen molar-refractivity contribution in [2.45, 2.75) is 6.42 Å². The van der Waals surface area contributed by atoms with Gasteiger partial charge in [-0.1, -0.05) is 29.8 Å². The molecule has 7 heteroatoms. The molecule has 1 aliphatic rings. The van der Waals surface area contributed by atoms with Crippen molar-refractivity contribution in [3.63, 3.8) is 0 Å². The van der Waals surface area contributed by atoms with Gasteiger partial charge in [-0.3, -0.25) is 14.5 Å². The van der Waals surface area contributed by atoms with Gasteiger partial charge in [0.1, 0.15) is 6.61 Å². The second kappa shape index (κ2) is 11.7. The van der Waals surface area contributed by atoms with Crippen molar-refractivity contribution in [1.82, 2.24) is 9.80 Å². The predicted octanol–water partition coefficient (Wildman–Crippen LogP) is 3.72. The molecule has 0 N–H and O–H groups in total. The standard InChI is InChI=1S/C25H30ClN3O3/c1-27(2)19-21(25(31)20-8-10-22(26)11-9-20)18-24(30)32-17-16-28-12-14-29(15-13-28)23-6-4-3-5-7-23/h3-11,19H,12-18H2,1-2H3. The van der Waals surface area contributed by atoms with Crippen molar-refractivity contribution >= 4 is 29.0 Å². The molecule has 0 atom stereocenters. The SMILES string of the molecule is CN(C)C=C(CC(=O)OCCN1CCN(c2ccccc2)CC1)C(=O)c1ccc(Cl)cc1. The summed E-state index contributed by atoms with van der Waals surface area (Å²) in [5.41, 5.74) is 2.12. The fourth-order valence-corrected chi connectivity index (χ4v) is 3.77. The summed E-state index contributed by atoms with van der Waals surface area (Å²) < 4.78 is 5.45. The molecule has 3 rings (SSSR count). The normalized spacial score (nSPS) is 14.8. The van der Waals surface area contributed by atoms with Crippen LogP contribution in [0.5, 0.6) is 0 Å². The Morgan fingerprint density at radius 1 is 1.00 bits per heavy atom. The van der Waals surface area contributed by atoms with Gasteiger partial charge in [-0.2, -0.15) is 0 Å². The topological polar surface area (TPSA) is 53.1 Å². The lowest BCUT2D eigenvalue weighted by Gasteiger charge is -2.35. The van der Waals surface area contributed by atoms with E-state index in [-0.39, 0.29) is 12.2 Å². The van der Waals surface area contributed by atoms with Crippen LogP contribution in [0.2, 0.25) is 5.02 Å². The Balaban J connectivity index is 1.45. The van der Waals surface area contributed by atoms with Crippen molar-refractivity contribution in [2.75, 3.05) is 58.3 Å². The monoisotopic (exact) mass is 455 g/mol. The molecule has 1 fully saturated rings. The van der Waals surface area contributed by atoms with Gasteiger partial charge in [0.05, 0.1) is 6.42 Å². The average Bonchev–Trinajstić information content (AvgIpc) is 2.79. The number of carbonyl (C=O) groups excluding carboxylic acids is 2. The molecule has 0 radical (unpaired) electrons. The van der Waals surface area contributed by atoms with Gasteiger partial charge in [-0.25, -0.2) is 0 Å². The number of anilines is 1. The van der Waals surface area contributed by atoms with Crippen LogP contribution in [0, 0.1) is 0 Å². The highest BCUT2D eigenvalue weighted by Gasteiger charge is 2.19.